The summed E-state index contributed by atoms with van der Waals surface area (Å²) in [4.78, 5) is 37.5. The Morgan fingerprint density at radius 2 is 1.88 bits per heavy atom. The second kappa shape index (κ2) is 10.7. The van der Waals surface area contributed by atoms with Crippen LogP contribution in [0.5, 0.6) is 0 Å². The molecule has 3 saturated carbocycles. The molecule has 0 aromatic heterocycles. The normalized spacial score (nSPS) is 49.3. The van der Waals surface area contributed by atoms with Gasteiger partial charge in [-0.1, -0.05) is 19.9 Å². The largest absolute Gasteiger partial charge is 0.458 e. The molecule has 4 fully saturated rings. The Bertz CT molecular complexity index is 1240. The van der Waals surface area contributed by atoms with E-state index in [1.54, 1.807) is 6.92 Å². The summed E-state index contributed by atoms with van der Waals surface area (Å²) >= 11 is 0. The maximum Gasteiger partial charge on any atom is 0.331 e. The smallest absolute Gasteiger partial charge is 0.331 e. The van der Waals surface area contributed by atoms with Crippen molar-refractivity contribution in [2.45, 2.75) is 115 Å². The average molecular weight is 605 g/mol. The molecule has 0 bridgehead atoms. The standard InChI is InChI=1S/C32H44O11/c1-15-27(42-16(2)33)28(39-5)26(37)29(41-15)43-23-11-18-6-7-20-25(30(18,3)12-21(23)34)22(35)13-31(4)19(8-9-32(20,31)38)17-10-24(36)40-14-17/h8,10,15,18,20-21,23,25-29,34,37-38H,6-7,9,11-14H2,1-5H3/t15-,18?,20-,21?,23?,25-,26-,27+,28-,29+,30+,31-,32+/m1/s1. The fraction of sp³-hybridized carbons (Fsp3) is 0.781. The molecule has 11 nitrogen and oxygen atoms in total. The first-order chi connectivity index (χ1) is 20.2. The topological polar surface area (TPSA) is 158 Å². The predicted octanol–water partition coefficient (Wildman–Crippen LogP) is 1.75. The molecule has 6 rings (SSSR count). The number of ketones is 1. The molecule has 0 aromatic rings. The van der Waals surface area contributed by atoms with Crippen molar-refractivity contribution in [2.75, 3.05) is 13.7 Å². The highest BCUT2D eigenvalue weighted by Gasteiger charge is 2.69. The summed E-state index contributed by atoms with van der Waals surface area (Å²) in [5, 5.41) is 34.8. The molecule has 3 unspecified atom stereocenters. The molecule has 13 atom stereocenters. The lowest BCUT2D eigenvalue weighted by Gasteiger charge is -2.63. The number of carbonyl (C=O) groups is 3. The minimum atomic E-state index is -1.26. The highest BCUT2D eigenvalue weighted by atomic mass is 16.7. The van der Waals surface area contributed by atoms with Crippen LogP contribution < -0.4 is 0 Å². The predicted molar refractivity (Wildman–Crippen MR) is 149 cm³/mol. The first-order valence-corrected chi connectivity index (χ1v) is 15.4. The van der Waals surface area contributed by atoms with Crippen LogP contribution in [0.3, 0.4) is 0 Å². The van der Waals surface area contributed by atoms with Crippen molar-refractivity contribution in [3.05, 3.63) is 23.3 Å². The van der Waals surface area contributed by atoms with Crippen molar-refractivity contribution in [3.63, 3.8) is 0 Å². The molecule has 0 spiro atoms. The van der Waals surface area contributed by atoms with Crippen molar-refractivity contribution in [3.8, 4) is 0 Å². The molecule has 2 aliphatic heterocycles. The van der Waals surface area contributed by atoms with Crippen LogP contribution in [0.2, 0.25) is 0 Å². The van der Waals surface area contributed by atoms with Gasteiger partial charge in [0.25, 0.3) is 0 Å². The molecule has 3 N–H and O–H groups in total. The molecular weight excluding hydrogens is 560 g/mol. The van der Waals surface area contributed by atoms with E-state index in [0.717, 1.165) is 17.6 Å². The van der Waals surface area contributed by atoms with Crippen molar-refractivity contribution in [1.29, 1.82) is 0 Å². The number of aliphatic hydroxyl groups is 3. The van der Waals surface area contributed by atoms with Gasteiger partial charge in [-0.3, -0.25) is 9.59 Å². The third-order valence-corrected chi connectivity index (χ3v) is 11.8. The maximum atomic E-state index is 14.1. The van der Waals surface area contributed by atoms with Gasteiger partial charge < -0.3 is 39.0 Å². The number of esters is 2. The van der Waals surface area contributed by atoms with Crippen LogP contribution >= 0.6 is 0 Å². The van der Waals surface area contributed by atoms with Crippen LogP contribution in [0.25, 0.3) is 0 Å². The van der Waals surface area contributed by atoms with Gasteiger partial charge in [-0.25, -0.2) is 4.79 Å². The number of Topliss-reactive ketones (excluding diaryl/α,β-unsaturated/α-hetero) is 1. The van der Waals surface area contributed by atoms with Crippen LogP contribution in [-0.2, 0) is 38.1 Å². The van der Waals surface area contributed by atoms with Gasteiger partial charge in [0.1, 0.15) is 24.6 Å². The zero-order valence-electron chi connectivity index (χ0n) is 25.5. The van der Waals surface area contributed by atoms with E-state index in [0.29, 0.717) is 25.7 Å². The molecule has 0 radical (unpaired) electrons. The summed E-state index contributed by atoms with van der Waals surface area (Å²) < 4.78 is 28.1. The Labute approximate surface area is 251 Å². The Morgan fingerprint density at radius 3 is 2.53 bits per heavy atom. The van der Waals surface area contributed by atoms with E-state index >= 15 is 0 Å². The van der Waals surface area contributed by atoms with Gasteiger partial charge in [-0.05, 0) is 61.9 Å². The summed E-state index contributed by atoms with van der Waals surface area (Å²) in [6.45, 7) is 7.14. The fourth-order valence-corrected chi connectivity index (χ4v) is 9.67. The maximum absolute atomic E-state index is 14.1. The Hall–Kier alpha value is -2.15. The monoisotopic (exact) mass is 604 g/mol. The Morgan fingerprint density at radius 1 is 1.14 bits per heavy atom. The van der Waals surface area contributed by atoms with Crippen LogP contribution in [0.4, 0.5) is 0 Å². The zero-order chi connectivity index (χ0) is 31.1. The van der Waals surface area contributed by atoms with Crippen LogP contribution in [0, 0.1) is 28.6 Å². The van der Waals surface area contributed by atoms with Crippen LogP contribution in [0.1, 0.15) is 66.2 Å². The van der Waals surface area contributed by atoms with Gasteiger partial charge in [0.2, 0.25) is 0 Å². The molecule has 43 heavy (non-hydrogen) atoms. The third-order valence-electron chi connectivity index (χ3n) is 11.8. The Kier molecular flexibility index (Phi) is 7.70. The molecule has 2 heterocycles. The first-order valence-electron chi connectivity index (χ1n) is 15.4. The summed E-state index contributed by atoms with van der Waals surface area (Å²) in [7, 11) is 1.42. The van der Waals surface area contributed by atoms with Gasteiger partial charge in [0, 0.05) is 43.4 Å². The van der Waals surface area contributed by atoms with E-state index in [1.165, 1.54) is 20.1 Å². The highest BCUT2D eigenvalue weighted by Crippen LogP contribution is 2.67. The van der Waals surface area contributed by atoms with Crippen molar-refractivity contribution < 1.29 is 53.4 Å². The summed E-state index contributed by atoms with van der Waals surface area (Å²) in [6, 6.07) is 0. The molecule has 11 heteroatoms. The number of cyclic esters (lactones) is 1. The molecule has 238 valence electrons. The van der Waals surface area contributed by atoms with E-state index in [9.17, 15) is 29.7 Å². The molecule has 0 amide bonds. The summed E-state index contributed by atoms with van der Waals surface area (Å²) in [5.74, 6) is -1.52. The number of carbonyl (C=O) groups excluding carboxylic acids is 3. The minimum Gasteiger partial charge on any atom is -0.458 e. The van der Waals surface area contributed by atoms with E-state index < -0.39 is 77.2 Å². The molecule has 4 aliphatic carbocycles. The number of aliphatic hydroxyl groups excluding tert-OH is 2. The van der Waals surface area contributed by atoms with E-state index in [-0.39, 0.29) is 30.6 Å². The van der Waals surface area contributed by atoms with Crippen LogP contribution in [0.15, 0.2) is 23.3 Å². The molecule has 1 saturated heterocycles. The van der Waals surface area contributed by atoms with Crippen LogP contribution in [-0.4, -0.2) is 95.3 Å². The van der Waals surface area contributed by atoms with Gasteiger partial charge in [-0.2, -0.15) is 0 Å². The molecular formula is C32H44O11. The fourth-order valence-electron chi connectivity index (χ4n) is 9.67. The number of rotatable bonds is 5. The Balaban J connectivity index is 1.19. The van der Waals surface area contributed by atoms with Crippen molar-refractivity contribution in [1.82, 2.24) is 0 Å². The van der Waals surface area contributed by atoms with Crippen molar-refractivity contribution in [2.24, 2.45) is 28.6 Å². The van der Waals surface area contributed by atoms with E-state index in [2.05, 4.69) is 6.92 Å². The second-order valence-corrected chi connectivity index (χ2v) is 14.0. The molecule has 0 aromatic carbocycles. The van der Waals surface area contributed by atoms with Crippen molar-refractivity contribution >= 4 is 17.7 Å². The lowest BCUT2D eigenvalue weighted by atomic mass is 9.42. The second-order valence-electron chi connectivity index (χ2n) is 14.0. The van der Waals surface area contributed by atoms with Gasteiger partial charge in [0.15, 0.2) is 12.4 Å². The first kappa shape index (κ1) is 30.9. The number of fused-ring (bicyclic) bond motifs is 5. The highest BCUT2D eigenvalue weighted by molar-refractivity contribution is 5.89. The molecule has 6 aliphatic rings. The number of methoxy groups -OCH3 is 1. The van der Waals surface area contributed by atoms with Gasteiger partial charge in [0.05, 0.1) is 23.9 Å². The minimum absolute atomic E-state index is 0.0432. The third kappa shape index (κ3) is 4.65. The van der Waals surface area contributed by atoms with E-state index in [4.69, 9.17) is 23.7 Å². The zero-order valence-corrected chi connectivity index (χ0v) is 25.5. The van der Waals surface area contributed by atoms with E-state index in [1.807, 2.05) is 13.0 Å². The number of ether oxygens (including phenoxy) is 5. The summed E-state index contributed by atoms with van der Waals surface area (Å²) in [5.41, 5.74) is -0.954. The SMILES string of the molecule is CO[C@@H]1[C@@H](O)[C@H](OC2CC3CC[C@@H]4[C@H](C(=O)C[C@]5(C)C(C6=CC(=O)OC6)=CC[C@]45O)[C@@]3(C)CC2O)O[C@H](C)[C@@H]1OC(C)=O. The summed E-state index contributed by atoms with van der Waals surface area (Å²) in [6.07, 6.45) is -0.0821. The average Bonchev–Trinajstić information content (AvgIpc) is 3.46. The lowest BCUT2D eigenvalue weighted by molar-refractivity contribution is -0.322. The quantitative estimate of drug-likeness (QED) is 0.310. The number of hydrogen-bond donors (Lipinski definition) is 3. The number of hydrogen-bond acceptors (Lipinski definition) is 11. The van der Waals surface area contributed by atoms with Gasteiger partial charge in [-0.15, -0.1) is 0 Å². The lowest BCUT2D eigenvalue weighted by Crippen LogP contribution is -2.66. The van der Waals surface area contributed by atoms with Gasteiger partial charge >= 0.3 is 11.9 Å².